The molecule has 4 nitrogen and oxygen atoms in total. The molecule has 0 bridgehead atoms. The molecule has 1 amide bonds. The number of thiophene rings is 1. The van der Waals surface area contributed by atoms with Crippen molar-refractivity contribution in [2.75, 3.05) is 18.9 Å². The van der Waals surface area contributed by atoms with Crippen molar-refractivity contribution in [2.24, 2.45) is 0 Å². The standard InChI is InChI=1S/C20H23NO3S2/c22-19(21-11-12-25-16-8-4-2-5-9-16)14-24-20(23)18-13-15-7-3-1-6-10-17(15)26-18/h2,4-5,8-9,13H,1,3,6-7,10-12,14H2,(H,21,22). The van der Waals surface area contributed by atoms with Gasteiger partial charge in [0.15, 0.2) is 6.61 Å². The first-order chi connectivity index (χ1) is 12.7. The number of carbonyl (C=O) groups is 2. The number of thioether (sulfide) groups is 1. The highest BCUT2D eigenvalue weighted by Gasteiger charge is 2.18. The second kappa shape index (κ2) is 9.78. The number of benzene rings is 1. The number of rotatable bonds is 7. The molecule has 1 aliphatic carbocycles. The molecule has 1 N–H and O–H groups in total. The van der Waals surface area contributed by atoms with Gasteiger partial charge in [-0.15, -0.1) is 23.1 Å². The van der Waals surface area contributed by atoms with E-state index >= 15 is 0 Å². The summed E-state index contributed by atoms with van der Waals surface area (Å²) in [6.07, 6.45) is 5.71. The van der Waals surface area contributed by atoms with Gasteiger partial charge in [0.05, 0.1) is 0 Å². The van der Waals surface area contributed by atoms with E-state index in [9.17, 15) is 9.59 Å². The van der Waals surface area contributed by atoms with Crippen LogP contribution in [0.15, 0.2) is 41.3 Å². The van der Waals surface area contributed by atoms with Gasteiger partial charge in [0.1, 0.15) is 4.88 Å². The van der Waals surface area contributed by atoms with Crippen LogP contribution < -0.4 is 5.32 Å². The number of carbonyl (C=O) groups excluding carboxylic acids is 2. The summed E-state index contributed by atoms with van der Waals surface area (Å²) in [6, 6.07) is 12.0. The normalized spacial score (nSPS) is 13.5. The number of nitrogens with one attached hydrogen (secondary N) is 1. The molecular formula is C20H23NO3S2. The molecule has 0 radical (unpaired) electrons. The molecule has 0 spiro atoms. The predicted octanol–water partition coefficient (Wildman–Crippen LogP) is 4.08. The first-order valence-corrected chi connectivity index (χ1v) is 10.8. The first-order valence-electron chi connectivity index (χ1n) is 8.95. The van der Waals surface area contributed by atoms with E-state index in [-0.39, 0.29) is 12.5 Å². The largest absolute Gasteiger partial charge is 0.451 e. The van der Waals surface area contributed by atoms with E-state index in [0.29, 0.717) is 11.4 Å². The highest BCUT2D eigenvalue weighted by Crippen LogP contribution is 2.29. The molecule has 3 rings (SSSR count). The smallest absolute Gasteiger partial charge is 0.348 e. The maximum atomic E-state index is 12.2. The Morgan fingerprint density at radius 2 is 1.92 bits per heavy atom. The minimum absolute atomic E-state index is 0.225. The summed E-state index contributed by atoms with van der Waals surface area (Å²) >= 11 is 3.20. The average Bonchev–Trinajstić information content (AvgIpc) is 2.95. The Hall–Kier alpha value is -1.79. The van der Waals surface area contributed by atoms with Crippen LogP contribution in [0.25, 0.3) is 0 Å². The second-order valence-electron chi connectivity index (χ2n) is 6.21. The lowest BCUT2D eigenvalue weighted by molar-refractivity contribution is -0.124. The van der Waals surface area contributed by atoms with Crippen LogP contribution >= 0.6 is 23.1 Å². The molecule has 0 atom stereocenters. The van der Waals surface area contributed by atoms with E-state index in [0.717, 1.165) is 18.6 Å². The van der Waals surface area contributed by atoms with Crippen LogP contribution in [0, 0.1) is 0 Å². The summed E-state index contributed by atoms with van der Waals surface area (Å²) < 4.78 is 5.17. The molecule has 1 aromatic heterocycles. The minimum atomic E-state index is -0.392. The molecule has 0 saturated carbocycles. The van der Waals surface area contributed by atoms with E-state index < -0.39 is 5.97 Å². The summed E-state index contributed by atoms with van der Waals surface area (Å²) in [5, 5.41) is 2.78. The van der Waals surface area contributed by atoms with Gasteiger partial charge in [-0.3, -0.25) is 4.79 Å². The van der Waals surface area contributed by atoms with E-state index in [1.54, 1.807) is 11.8 Å². The van der Waals surface area contributed by atoms with Crippen LogP contribution in [0.5, 0.6) is 0 Å². The van der Waals surface area contributed by atoms with Crippen molar-refractivity contribution in [3.05, 3.63) is 51.7 Å². The molecule has 2 aromatic rings. The van der Waals surface area contributed by atoms with Gasteiger partial charge in [-0.2, -0.15) is 0 Å². The SMILES string of the molecule is O=C(COC(=O)c1cc2c(s1)CCCCC2)NCCSc1ccccc1. The fourth-order valence-corrected chi connectivity index (χ4v) is 4.83. The lowest BCUT2D eigenvalue weighted by Gasteiger charge is -2.06. The van der Waals surface area contributed by atoms with Crippen molar-refractivity contribution < 1.29 is 14.3 Å². The summed E-state index contributed by atoms with van der Waals surface area (Å²) in [6.45, 7) is 0.320. The number of hydrogen-bond acceptors (Lipinski definition) is 5. The topological polar surface area (TPSA) is 55.4 Å². The Labute approximate surface area is 162 Å². The number of amides is 1. The zero-order valence-electron chi connectivity index (χ0n) is 14.7. The monoisotopic (exact) mass is 389 g/mol. The molecule has 0 unspecified atom stereocenters. The molecule has 0 aliphatic heterocycles. The maximum Gasteiger partial charge on any atom is 0.348 e. The number of ether oxygens (including phenoxy) is 1. The Kier molecular flexibility index (Phi) is 7.14. The Morgan fingerprint density at radius 3 is 2.77 bits per heavy atom. The van der Waals surface area contributed by atoms with E-state index in [1.165, 1.54) is 45.9 Å². The van der Waals surface area contributed by atoms with Crippen LogP contribution in [0.2, 0.25) is 0 Å². The second-order valence-corrected chi connectivity index (χ2v) is 8.51. The highest BCUT2D eigenvalue weighted by molar-refractivity contribution is 7.99. The van der Waals surface area contributed by atoms with Gasteiger partial charge < -0.3 is 10.1 Å². The molecule has 1 aromatic carbocycles. The first kappa shape index (κ1) is 19.0. The van der Waals surface area contributed by atoms with Crippen molar-refractivity contribution in [3.8, 4) is 0 Å². The quantitative estimate of drug-likeness (QED) is 0.335. The molecule has 0 fully saturated rings. The summed E-state index contributed by atoms with van der Waals surface area (Å²) in [5.74, 6) is 0.128. The Bertz CT molecular complexity index is 719. The van der Waals surface area contributed by atoms with Crippen LogP contribution in [-0.4, -0.2) is 30.8 Å². The van der Waals surface area contributed by atoms with Crippen molar-refractivity contribution >= 4 is 35.0 Å². The predicted molar refractivity (Wildman–Crippen MR) is 106 cm³/mol. The lowest BCUT2D eigenvalue weighted by Crippen LogP contribution is -2.30. The van der Waals surface area contributed by atoms with Crippen molar-refractivity contribution in [3.63, 3.8) is 0 Å². The molecule has 0 saturated heterocycles. The van der Waals surface area contributed by atoms with Gasteiger partial charge in [-0.05, 0) is 49.4 Å². The van der Waals surface area contributed by atoms with Gasteiger partial charge in [0.2, 0.25) is 0 Å². The van der Waals surface area contributed by atoms with Gasteiger partial charge in [-0.1, -0.05) is 24.6 Å². The van der Waals surface area contributed by atoms with Gasteiger partial charge >= 0.3 is 5.97 Å². The lowest BCUT2D eigenvalue weighted by atomic mass is 10.1. The van der Waals surface area contributed by atoms with E-state index in [4.69, 9.17) is 4.74 Å². The molecule has 6 heteroatoms. The van der Waals surface area contributed by atoms with E-state index in [1.807, 2.05) is 36.4 Å². The van der Waals surface area contributed by atoms with Gasteiger partial charge in [0, 0.05) is 22.1 Å². The molecule has 138 valence electrons. The number of hydrogen-bond donors (Lipinski definition) is 1. The van der Waals surface area contributed by atoms with Crippen molar-refractivity contribution in [2.45, 2.75) is 37.0 Å². The zero-order chi connectivity index (χ0) is 18.2. The number of aryl methyl sites for hydroxylation is 2. The van der Waals surface area contributed by atoms with Crippen molar-refractivity contribution in [1.82, 2.24) is 5.32 Å². The van der Waals surface area contributed by atoms with E-state index in [2.05, 4.69) is 5.32 Å². The highest BCUT2D eigenvalue weighted by atomic mass is 32.2. The molecule has 26 heavy (non-hydrogen) atoms. The Balaban J connectivity index is 1.37. The molecular weight excluding hydrogens is 366 g/mol. The minimum Gasteiger partial charge on any atom is -0.451 e. The third-order valence-corrected chi connectivity index (χ3v) is 6.45. The summed E-state index contributed by atoms with van der Waals surface area (Å²) in [7, 11) is 0. The van der Waals surface area contributed by atoms with Gasteiger partial charge in [0.25, 0.3) is 5.91 Å². The molecule has 1 aliphatic rings. The molecule has 1 heterocycles. The Morgan fingerprint density at radius 1 is 1.12 bits per heavy atom. The third-order valence-electron chi connectivity index (χ3n) is 4.22. The summed E-state index contributed by atoms with van der Waals surface area (Å²) in [4.78, 5) is 27.1. The maximum absolute atomic E-state index is 12.2. The fraction of sp³-hybridized carbons (Fsp3) is 0.400. The van der Waals surface area contributed by atoms with Crippen molar-refractivity contribution in [1.29, 1.82) is 0 Å². The zero-order valence-corrected chi connectivity index (χ0v) is 16.3. The van der Waals surface area contributed by atoms with Gasteiger partial charge in [-0.25, -0.2) is 4.79 Å². The summed E-state index contributed by atoms with van der Waals surface area (Å²) in [5.41, 5.74) is 1.28. The number of esters is 1. The average molecular weight is 390 g/mol. The number of fused-ring (bicyclic) bond motifs is 1. The fourth-order valence-electron chi connectivity index (χ4n) is 2.90. The van der Waals surface area contributed by atoms with Crippen LogP contribution in [0.1, 0.15) is 39.4 Å². The van der Waals surface area contributed by atoms with Crippen LogP contribution in [0.4, 0.5) is 0 Å². The third kappa shape index (κ3) is 5.61. The van der Waals surface area contributed by atoms with Crippen LogP contribution in [0.3, 0.4) is 0 Å². The van der Waals surface area contributed by atoms with Crippen LogP contribution in [-0.2, 0) is 22.4 Å².